The molecule has 0 aromatic carbocycles. The lowest BCUT2D eigenvalue weighted by atomic mass is 9.93. The van der Waals surface area contributed by atoms with Crippen LogP contribution in [0.1, 0.15) is 46.5 Å². The highest BCUT2D eigenvalue weighted by atomic mass is 32.2. The van der Waals surface area contributed by atoms with E-state index in [1.54, 1.807) is 4.31 Å². The van der Waals surface area contributed by atoms with Crippen LogP contribution in [0.15, 0.2) is 0 Å². The van der Waals surface area contributed by atoms with Crippen LogP contribution < -0.4 is 5.32 Å². The first kappa shape index (κ1) is 15.9. The van der Waals surface area contributed by atoms with E-state index in [0.717, 1.165) is 25.8 Å². The maximum absolute atomic E-state index is 12.1. The average molecular weight is 276 g/mol. The van der Waals surface area contributed by atoms with Gasteiger partial charge in [-0.2, -0.15) is 0 Å². The molecule has 0 radical (unpaired) electrons. The van der Waals surface area contributed by atoms with E-state index in [4.69, 9.17) is 0 Å². The highest BCUT2D eigenvalue weighted by Gasteiger charge is 2.30. The topological polar surface area (TPSA) is 49.4 Å². The van der Waals surface area contributed by atoms with Crippen LogP contribution in [-0.2, 0) is 10.0 Å². The predicted octanol–water partition coefficient (Wildman–Crippen LogP) is 1.83. The Balaban J connectivity index is 2.55. The summed E-state index contributed by atoms with van der Waals surface area (Å²) in [6.45, 7) is 8.66. The van der Waals surface area contributed by atoms with Crippen LogP contribution in [-0.4, -0.2) is 44.2 Å². The molecule has 5 heteroatoms. The van der Waals surface area contributed by atoms with Crippen molar-refractivity contribution >= 4 is 10.0 Å². The molecule has 0 bridgehead atoms. The molecule has 2 unspecified atom stereocenters. The van der Waals surface area contributed by atoms with Crippen molar-refractivity contribution in [1.82, 2.24) is 9.62 Å². The standard InChI is InChI=1S/C13H28N2O2S/c1-4-8-14-12(3)13-7-6-9-15(11-13)18(16,17)10-5-2/h12-14H,4-11H2,1-3H3. The van der Waals surface area contributed by atoms with Gasteiger partial charge < -0.3 is 5.32 Å². The molecule has 1 heterocycles. The predicted molar refractivity (Wildman–Crippen MR) is 76.1 cm³/mol. The van der Waals surface area contributed by atoms with Crippen LogP contribution in [0.25, 0.3) is 0 Å². The minimum Gasteiger partial charge on any atom is -0.314 e. The van der Waals surface area contributed by atoms with Crippen LogP contribution in [0, 0.1) is 5.92 Å². The molecule has 0 spiro atoms. The second kappa shape index (κ2) is 7.46. The summed E-state index contributed by atoms with van der Waals surface area (Å²) in [5.41, 5.74) is 0. The summed E-state index contributed by atoms with van der Waals surface area (Å²) in [7, 11) is -3.01. The highest BCUT2D eigenvalue weighted by molar-refractivity contribution is 7.89. The Hall–Kier alpha value is -0.130. The largest absolute Gasteiger partial charge is 0.314 e. The molecule has 1 aliphatic rings. The fourth-order valence-electron chi connectivity index (χ4n) is 2.56. The first-order valence-corrected chi connectivity index (χ1v) is 8.83. The minimum atomic E-state index is -3.01. The third-order valence-electron chi connectivity index (χ3n) is 3.70. The van der Waals surface area contributed by atoms with Gasteiger partial charge in [-0.15, -0.1) is 0 Å². The van der Waals surface area contributed by atoms with Gasteiger partial charge in [0.25, 0.3) is 0 Å². The normalized spacial score (nSPS) is 24.1. The summed E-state index contributed by atoms with van der Waals surface area (Å²) in [5.74, 6) is 0.744. The third-order valence-corrected chi connectivity index (χ3v) is 5.74. The lowest BCUT2D eigenvalue weighted by Gasteiger charge is -2.35. The number of piperidine rings is 1. The number of nitrogens with one attached hydrogen (secondary N) is 1. The lowest BCUT2D eigenvalue weighted by molar-refractivity contribution is 0.224. The van der Waals surface area contributed by atoms with Crippen LogP contribution in [0.3, 0.4) is 0 Å². The van der Waals surface area contributed by atoms with Crippen molar-refractivity contribution in [2.75, 3.05) is 25.4 Å². The van der Waals surface area contributed by atoms with E-state index < -0.39 is 10.0 Å². The molecule has 0 aromatic heterocycles. The van der Waals surface area contributed by atoms with Crippen molar-refractivity contribution in [3.63, 3.8) is 0 Å². The average Bonchev–Trinajstić information content (AvgIpc) is 2.36. The molecule has 1 fully saturated rings. The fraction of sp³-hybridized carbons (Fsp3) is 1.00. The van der Waals surface area contributed by atoms with E-state index in [2.05, 4.69) is 19.2 Å². The first-order valence-electron chi connectivity index (χ1n) is 7.22. The molecule has 1 saturated heterocycles. The number of sulfonamides is 1. The van der Waals surface area contributed by atoms with Gasteiger partial charge in [-0.3, -0.25) is 0 Å². The van der Waals surface area contributed by atoms with Gasteiger partial charge >= 0.3 is 0 Å². The monoisotopic (exact) mass is 276 g/mol. The van der Waals surface area contributed by atoms with E-state index >= 15 is 0 Å². The molecular weight excluding hydrogens is 248 g/mol. The Bertz CT molecular complexity index is 330. The van der Waals surface area contributed by atoms with Gasteiger partial charge in [0.05, 0.1) is 5.75 Å². The van der Waals surface area contributed by atoms with Gasteiger partial charge in [0.1, 0.15) is 0 Å². The number of hydrogen-bond acceptors (Lipinski definition) is 3. The Morgan fingerprint density at radius 1 is 1.33 bits per heavy atom. The summed E-state index contributed by atoms with van der Waals surface area (Å²) in [6.07, 6.45) is 3.95. The molecule has 0 saturated carbocycles. The summed E-state index contributed by atoms with van der Waals surface area (Å²) in [4.78, 5) is 0. The third kappa shape index (κ3) is 4.52. The molecule has 0 aliphatic carbocycles. The molecule has 108 valence electrons. The van der Waals surface area contributed by atoms with Crippen molar-refractivity contribution in [1.29, 1.82) is 0 Å². The van der Waals surface area contributed by atoms with E-state index in [-0.39, 0.29) is 5.75 Å². The molecule has 1 N–H and O–H groups in total. The molecule has 18 heavy (non-hydrogen) atoms. The van der Waals surface area contributed by atoms with Gasteiger partial charge in [-0.25, -0.2) is 12.7 Å². The van der Waals surface area contributed by atoms with Crippen LogP contribution in [0.4, 0.5) is 0 Å². The van der Waals surface area contributed by atoms with Crippen molar-refractivity contribution in [2.45, 2.75) is 52.5 Å². The first-order chi connectivity index (χ1) is 8.51. The Morgan fingerprint density at radius 3 is 2.67 bits per heavy atom. The fourth-order valence-corrected chi connectivity index (χ4v) is 4.16. The zero-order valence-electron chi connectivity index (χ0n) is 12.0. The smallest absolute Gasteiger partial charge is 0.214 e. The second-order valence-corrected chi connectivity index (χ2v) is 7.41. The van der Waals surface area contributed by atoms with Crippen molar-refractivity contribution in [2.24, 2.45) is 5.92 Å². The SMILES string of the molecule is CCCNC(C)C1CCCN(S(=O)(=O)CCC)C1. The van der Waals surface area contributed by atoms with Gasteiger partial charge in [-0.05, 0) is 45.1 Å². The maximum Gasteiger partial charge on any atom is 0.214 e. The number of nitrogens with zero attached hydrogens (tertiary/aromatic N) is 1. The van der Waals surface area contributed by atoms with Gasteiger partial charge in [0.15, 0.2) is 0 Å². The van der Waals surface area contributed by atoms with Crippen LogP contribution >= 0.6 is 0 Å². The number of hydrogen-bond donors (Lipinski definition) is 1. The van der Waals surface area contributed by atoms with Crippen molar-refractivity contribution < 1.29 is 8.42 Å². The highest BCUT2D eigenvalue weighted by Crippen LogP contribution is 2.22. The van der Waals surface area contributed by atoms with E-state index in [9.17, 15) is 8.42 Å². The lowest BCUT2D eigenvalue weighted by Crippen LogP contribution is -2.47. The molecule has 4 nitrogen and oxygen atoms in total. The molecular formula is C13H28N2O2S. The van der Waals surface area contributed by atoms with E-state index in [1.165, 1.54) is 0 Å². The maximum atomic E-state index is 12.1. The molecule has 1 rings (SSSR count). The quantitative estimate of drug-likeness (QED) is 0.772. The Kier molecular flexibility index (Phi) is 6.60. The van der Waals surface area contributed by atoms with Crippen molar-refractivity contribution in [3.8, 4) is 0 Å². The zero-order chi connectivity index (χ0) is 13.6. The minimum absolute atomic E-state index is 0.288. The van der Waals surface area contributed by atoms with Crippen molar-refractivity contribution in [3.05, 3.63) is 0 Å². The Morgan fingerprint density at radius 2 is 2.06 bits per heavy atom. The van der Waals surface area contributed by atoms with Gasteiger partial charge in [0.2, 0.25) is 10.0 Å². The van der Waals surface area contributed by atoms with E-state index in [1.807, 2.05) is 6.92 Å². The van der Waals surface area contributed by atoms with Crippen LogP contribution in [0.2, 0.25) is 0 Å². The molecule has 2 atom stereocenters. The summed E-state index contributed by atoms with van der Waals surface area (Å²) >= 11 is 0. The Labute approximate surface area is 112 Å². The second-order valence-electron chi connectivity index (χ2n) is 5.32. The number of rotatable bonds is 7. The molecule has 1 aliphatic heterocycles. The zero-order valence-corrected chi connectivity index (χ0v) is 12.8. The van der Waals surface area contributed by atoms with E-state index in [0.29, 0.717) is 31.5 Å². The summed E-state index contributed by atoms with van der Waals surface area (Å²) in [5, 5.41) is 3.48. The van der Waals surface area contributed by atoms with Crippen LogP contribution in [0.5, 0.6) is 0 Å². The summed E-state index contributed by atoms with van der Waals surface area (Å²) in [6, 6.07) is 0.407. The van der Waals surface area contributed by atoms with Gasteiger partial charge in [-0.1, -0.05) is 13.8 Å². The molecule has 0 aromatic rings. The molecule has 0 amide bonds. The summed E-state index contributed by atoms with van der Waals surface area (Å²) < 4.78 is 25.8. The van der Waals surface area contributed by atoms with Gasteiger partial charge in [0, 0.05) is 19.1 Å².